The van der Waals surface area contributed by atoms with Gasteiger partial charge in [0.15, 0.2) is 0 Å². The predicted molar refractivity (Wildman–Crippen MR) is 118 cm³/mol. The van der Waals surface area contributed by atoms with Crippen LogP contribution in [0.4, 0.5) is 11.4 Å². The first-order valence-electron chi connectivity index (χ1n) is 9.98. The van der Waals surface area contributed by atoms with Crippen LogP contribution in [0.1, 0.15) is 29.8 Å². The highest BCUT2D eigenvalue weighted by Crippen LogP contribution is 2.23. The van der Waals surface area contributed by atoms with Crippen LogP contribution in [0.5, 0.6) is 0 Å². The predicted octanol–water partition coefficient (Wildman–Crippen LogP) is 3.18. The highest BCUT2D eigenvalue weighted by atomic mass is 16.4. The van der Waals surface area contributed by atoms with Gasteiger partial charge in [-0.05, 0) is 73.2 Å². The highest BCUT2D eigenvalue weighted by Gasteiger charge is 2.15. The molecule has 0 bridgehead atoms. The van der Waals surface area contributed by atoms with E-state index in [0.717, 1.165) is 30.0 Å². The van der Waals surface area contributed by atoms with E-state index in [1.807, 2.05) is 25.1 Å². The third kappa shape index (κ3) is 4.02. The van der Waals surface area contributed by atoms with E-state index >= 15 is 0 Å². The molecule has 0 saturated heterocycles. The van der Waals surface area contributed by atoms with Crippen LogP contribution in [0.25, 0.3) is 16.7 Å². The van der Waals surface area contributed by atoms with Crippen LogP contribution in [0, 0.1) is 6.92 Å². The summed E-state index contributed by atoms with van der Waals surface area (Å²) in [6, 6.07) is 12.5. The number of carbonyl (C=O) groups excluding carboxylic acids is 1. The standard InChI is InChI=1S/C22H22N6O3/c1-4-27(5-2)17-8-6-15-11-18(22(30)31-20(15)12-17)21(29)24-16-7-9-19(14(3)10-16)28-13-23-25-26-28/h6-13H,4-5H2,1-3H3,(H,24,29). The molecule has 0 aliphatic carbocycles. The Kier molecular flexibility index (Phi) is 5.48. The van der Waals surface area contributed by atoms with Crippen molar-refractivity contribution in [3.8, 4) is 5.69 Å². The molecule has 4 rings (SSSR count). The molecule has 158 valence electrons. The number of nitrogens with zero attached hydrogens (tertiary/aromatic N) is 5. The van der Waals surface area contributed by atoms with E-state index in [4.69, 9.17) is 4.42 Å². The van der Waals surface area contributed by atoms with Crippen molar-refractivity contribution in [3.05, 3.63) is 70.3 Å². The van der Waals surface area contributed by atoms with Gasteiger partial charge in [0.05, 0.1) is 5.69 Å². The number of tetrazole rings is 1. The molecular weight excluding hydrogens is 396 g/mol. The Bertz CT molecular complexity index is 1290. The van der Waals surface area contributed by atoms with E-state index in [9.17, 15) is 9.59 Å². The largest absolute Gasteiger partial charge is 0.422 e. The molecule has 4 aromatic rings. The summed E-state index contributed by atoms with van der Waals surface area (Å²) in [6.45, 7) is 7.70. The second kappa shape index (κ2) is 8.39. The molecule has 0 aliphatic rings. The van der Waals surface area contributed by atoms with E-state index in [2.05, 4.69) is 39.6 Å². The first-order chi connectivity index (χ1) is 15.0. The average Bonchev–Trinajstić information content (AvgIpc) is 3.28. The summed E-state index contributed by atoms with van der Waals surface area (Å²) in [5.41, 5.74) is 2.89. The van der Waals surface area contributed by atoms with Crippen molar-refractivity contribution in [3.63, 3.8) is 0 Å². The maximum Gasteiger partial charge on any atom is 0.349 e. The SMILES string of the molecule is CCN(CC)c1ccc2cc(C(=O)Nc3ccc(-n4cnnn4)c(C)c3)c(=O)oc2c1. The van der Waals surface area contributed by atoms with Crippen LogP contribution < -0.4 is 15.8 Å². The van der Waals surface area contributed by atoms with Gasteiger partial charge in [-0.25, -0.2) is 9.48 Å². The lowest BCUT2D eigenvalue weighted by atomic mass is 10.1. The fourth-order valence-electron chi connectivity index (χ4n) is 3.50. The molecule has 0 saturated carbocycles. The second-order valence-corrected chi connectivity index (χ2v) is 7.05. The lowest BCUT2D eigenvalue weighted by Gasteiger charge is -2.21. The maximum absolute atomic E-state index is 12.8. The molecule has 0 aliphatic heterocycles. The second-order valence-electron chi connectivity index (χ2n) is 7.05. The zero-order chi connectivity index (χ0) is 22.0. The number of anilines is 2. The number of fused-ring (bicyclic) bond motifs is 1. The minimum atomic E-state index is -0.677. The van der Waals surface area contributed by atoms with Crippen molar-refractivity contribution in [2.75, 3.05) is 23.3 Å². The Morgan fingerprint density at radius 1 is 1.13 bits per heavy atom. The smallest absolute Gasteiger partial charge is 0.349 e. The van der Waals surface area contributed by atoms with Crippen LogP contribution in [0.2, 0.25) is 0 Å². The Morgan fingerprint density at radius 2 is 1.94 bits per heavy atom. The molecule has 0 atom stereocenters. The molecule has 1 N–H and O–H groups in total. The van der Waals surface area contributed by atoms with Crippen LogP contribution in [-0.2, 0) is 0 Å². The Hall–Kier alpha value is -4.01. The monoisotopic (exact) mass is 418 g/mol. The first kappa shape index (κ1) is 20.3. The normalized spacial score (nSPS) is 10.9. The molecule has 0 spiro atoms. The topological polar surface area (TPSA) is 106 Å². The maximum atomic E-state index is 12.8. The number of rotatable bonds is 6. The Morgan fingerprint density at radius 3 is 2.61 bits per heavy atom. The van der Waals surface area contributed by atoms with Crippen molar-refractivity contribution >= 4 is 28.3 Å². The highest BCUT2D eigenvalue weighted by molar-refractivity contribution is 6.05. The molecule has 9 nitrogen and oxygen atoms in total. The molecule has 0 fully saturated rings. The Balaban J connectivity index is 1.60. The number of hydrogen-bond donors (Lipinski definition) is 1. The summed E-state index contributed by atoms with van der Waals surface area (Å²) >= 11 is 0. The minimum absolute atomic E-state index is 0.0507. The van der Waals surface area contributed by atoms with Gasteiger partial charge in [-0.2, -0.15) is 0 Å². The molecule has 2 aromatic carbocycles. The summed E-state index contributed by atoms with van der Waals surface area (Å²) in [6.07, 6.45) is 1.49. The van der Waals surface area contributed by atoms with E-state index in [1.54, 1.807) is 24.3 Å². The summed E-state index contributed by atoms with van der Waals surface area (Å²) in [5.74, 6) is -0.530. The van der Waals surface area contributed by atoms with Crippen molar-refractivity contribution in [2.45, 2.75) is 20.8 Å². The fraction of sp³-hybridized carbons (Fsp3) is 0.227. The van der Waals surface area contributed by atoms with Gasteiger partial charge in [-0.3, -0.25) is 4.79 Å². The van der Waals surface area contributed by atoms with Crippen LogP contribution >= 0.6 is 0 Å². The van der Waals surface area contributed by atoms with E-state index < -0.39 is 11.5 Å². The summed E-state index contributed by atoms with van der Waals surface area (Å²) in [4.78, 5) is 27.4. The number of amides is 1. The third-order valence-corrected chi connectivity index (χ3v) is 5.14. The lowest BCUT2D eigenvalue weighted by molar-refractivity contribution is 0.102. The lowest BCUT2D eigenvalue weighted by Crippen LogP contribution is -2.22. The van der Waals surface area contributed by atoms with Gasteiger partial charge >= 0.3 is 5.63 Å². The quantitative estimate of drug-likeness (QED) is 0.479. The number of aryl methyl sites for hydroxylation is 1. The summed E-state index contributed by atoms with van der Waals surface area (Å²) in [5, 5.41) is 14.6. The third-order valence-electron chi connectivity index (χ3n) is 5.14. The van der Waals surface area contributed by atoms with Gasteiger partial charge in [0.25, 0.3) is 5.91 Å². The van der Waals surface area contributed by atoms with Gasteiger partial charge in [-0.1, -0.05) is 0 Å². The number of carbonyl (C=O) groups is 1. The number of aromatic nitrogens is 4. The molecule has 0 radical (unpaired) electrons. The molecule has 0 unspecified atom stereocenters. The zero-order valence-electron chi connectivity index (χ0n) is 17.5. The molecular formula is C22H22N6O3. The van der Waals surface area contributed by atoms with Gasteiger partial charge in [0.2, 0.25) is 0 Å². The van der Waals surface area contributed by atoms with Crippen molar-refractivity contribution < 1.29 is 9.21 Å². The van der Waals surface area contributed by atoms with Gasteiger partial charge in [0, 0.05) is 35.9 Å². The Labute approximate surface area is 178 Å². The minimum Gasteiger partial charge on any atom is -0.422 e. The van der Waals surface area contributed by atoms with Crippen molar-refractivity contribution in [2.24, 2.45) is 0 Å². The molecule has 31 heavy (non-hydrogen) atoms. The van der Waals surface area contributed by atoms with E-state index in [-0.39, 0.29) is 5.56 Å². The van der Waals surface area contributed by atoms with Gasteiger partial charge < -0.3 is 14.6 Å². The molecule has 9 heteroatoms. The van der Waals surface area contributed by atoms with Crippen LogP contribution in [-0.4, -0.2) is 39.2 Å². The number of nitrogens with one attached hydrogen (secondary N) is 1. The average molecular weight is 418 g/mol. The van der Waals surface area contributed by atoms with Gasteiger partial charge in [0.1, 0.15) is 17.5 Å². The molecule has 2 heterocycles. The van der Waals surface area contributed by atoms with Crippen molar-refractivity contribution in [1.82, 2.24) is 20.2 Å². The number of benzene rings is 2. The van der Waals surface area contributed by atoms with Crippen LogP contribution in [0.15, 0.2) is 58.0 Å². The fourth-order valence-corrected chi connectivity index (χ4v) is 3.50. The van der Waals surface area contributed by atoms with Gasteiger partial charge in [-0.15, -0.1) is 5.10 Å². The number of hydrogen-bond acceptors (Lipinski definition) is 7. The summed E-state index contributed by atoms with van der Waals surface area (Å²) in [7, 11) is 0. The first-order valence-corrected chi connectivity index (χ1v) is 9.98. The summed E-state index contributed by atoms with van der Waals surface area (Å²) < 4.78 is 6.99. The van der Waals surface area contributed by atoms with Crippen LogP contribution in [0.3, 0.4) is 0 Å². The molecule has 1 amide bonds. The zero-order valence-corrected chi connectivity index (χ0v) is 17.5. The van der Waals surface area contributed by atoms with E-state index in [1.165, 1.54) is 11.0 Å². The molecule has 2 aromatic heterocycles. The van der Waals surface area contributed by atoms with E-state index in [0.29, 0.717) is 16.7 Å². The van der Waals surface area contributed by atoms with Crippen molar-refractivity contribution in [1.29, 1.82) is 0 Å².